The van der Waals surface area contributed by atoms with Crippen molar-refractivity contribution in [1.29, 1.82) is 5.26 Å². The maximum atomic E-state index is 8.70. The molecule has 0 aromatic rings. The van der Waals surface area contributed by atoms with Gasteiger partial charge in [-0.05, 0) is 13.5 Å². The second-order valence-corrected chi connectivity index (χ2v) is 3.08. The predicted molar refractivity (Wildman–Crippen MR) is 38.2 cm³/mol. The van der Waals surface area contributed by atoms with Crippen LogP contribution in [0.1, 0.15) is 6.42 Å². The third kappa shape index (κ3) is 0.559. The summed E-state index contributed by atoms with van der Waals surface area (Å²) in [5, 5.41) is 8.70. The van der Waals surface area contributed by atoms with E-state index in [-0.39, 0.29) is 5.92 Å². The number of hydrogen-bond donors (Lipinski definition) is 0. The lowest BCUT2D eigenvalue weighted by Gasteiger charge is -2.14. The van der Waals surface area contributed by atoms with E-state index in [1.165, 1.54) is 0 Å². The molecule has 1 fully saturated rings. The van der Waals surface area contributed by atoms with Crippen molar-refractivity contribution >= 4 is 0 Å². The third-order valence-corrected chi connectivity index (χ3v) is 2.60. The topological polar surface area (TPSA) is 27.0 Å². The van der Waals surface area contributed by atoms with Crippen molar-refractivity contribution in [3.8, 4) is 6.07 Å². The molecule has 2 heterocycles. The second-order valence-electron chi connectivity index (χ2n) is 3.08. The Morgan fingerprint density at radius 3 is 2.70 bits per heavy atom. The average molecular weight is 134 g/mol. The largest absolute Gasteiger partial charge is 0.292 e. The van der Waals surface area contributed by atoms with Crippen molar-refractivity contribution in [2.24, 2.45) is 5.92 Å². The minimum Gasteiger partial charge on any atom is -0.292 e. The summed E-state index contributed by atoms with van der Waals surface area (Å²) in [6.45, 7) is 0. The SMILES string of the molecule is CN1C2C=CC1C(C#N)C2. The Kier molecular flexibility index (Phi) is 1.09. The Balaban J connectivity index is 2.25. The minimum atomic E-state index is 0.250. The maximum absolute atomic E-state index is 8.70. The van der Waals surface area contributed by atoms with Crippen LogP contribution in [0.3, 0.4) is 0 Å². The quantitative estimate of drug-likeness (QED) is 0.457. The second kappa shape index (κ2) is 1.83. The molecule has 0 aliphatic carbocycles. The first kappa shape index (κ1) is 5.94. The first-order valence-electron chi connectivity index (χ1n) is 3.63. The zero-order valence-electron chi connectivity index (χ0n) is 5.99. The molecule has 0 aromatic carbocycles. The number of rotatable bonds is 0. The van der Waals surface area contributed by atoms with E-state index in [9.17, 15) is 0 Å². The lowest BCUT2D eigenvalue weighted by molar-refractivity contribution is 0.324. The molecule has 0 amide bonds. The van der Waals surface area contributed by atoms with E-state index < -0.39 is 0 Å². The Hall–Kier alpha value is -0.810. The van der Waals surface area contributed by atoms with E-state index in [0.717, 1.165) is 6.42 Å². The van der Waals surface area contributed by atoms with E-state index in [4.69, 9.17) is 5.26 Å². The monoisotopic (exact) mass is 134 g/mol. The smallest absolute Gasteiger partial charge is 0.0676 e. The molecule has 0 N–H and O–H groups in total. The number of fused-ring (bicyclic) bond motifs is 2. The molecule has 2 aliphatic rings. The molecule has 0 spiro atoms. The minimum absolute atomic E-state index is 0.250. The summed E-state index contributed by atoms with van der Waals surface area (Å²) in [6.07, 6.45) is 5.40. The number of likely N-dealkylation sites (N-methyl/N-ethyl adjacent to an activating group) is 1. The molecular formula is C8H10N2. The van der Waals surface area contributed by atoms with Gasteiger partial charge in [0.15, 0.2) is 0 Å². The molecule has 3 atom stereocenters. The summed E-state index contributed by atoms with van der Waals surface area (Å²) in [4.78, 5) is 2.27. The van der Waals surface area contributed by atoms with Crippen molar-refractivity contribution in [3.63, 3.8) is 0 Å². The molecule has 52 valence electrons. The molecule has 2 nitrogen and oxygen atoms in total. The first-order chi connectivity index (χ1) is 4.83. The maximum Gasteiger partial charge on any atom is 0.0676 e. The highest BCUT2D eigenvalue weighted by Gasteiger charge is 2.40. The van der Waals surface area contributed by atoms with E-state index in [2.05, 4.69) is 30.2 Å². The Labute approximate surface area is 60.7 Å². The van der Waals surface area contributed by atoms with E-state index in [1.807, 2.05) is 0 Å². The van der Waals surface area contributed by atoms with Gasteiger partial charge in [0.05, 0.1) is 12.0 Å². The van der Waals surface area contributed by atoms with Crippen LogP contribution < -0.4 is 0 Å². The summed E-state index contributed by atoms with van der Waals surface area (Å²) in [5.74, 6) is 0.250. The fraction of sp³-hybridized carbons (Fsp3) is 0.625. The number of nitrogens with zero attached hydrogens (tertiary/aromatic N) is 2. The number of hydrogen-bond acceptors (Lipinski definition) is 2. The molecule has 0 radical (unpaired) electrons. The van der Waals surface area contributed by atoms with Crippen LogP contribution in [0.5, 0.6) is 0 Å². The zero-order chi connectivity index (χ0) is 7.14. The third-order valence-electron chi connectivity index (χ3n) is 2.60. The van der Waals surface area contributed by atoms with Gasteiger partial charge in [-0.2, -0.15) is 5.26 Å². The summed E-state index contributed by atoms with van der Waals surface area (Å²) in [5.41, 5.74) is 0. The fourth-order valence-electron chi connectivity index (χ4n) is 1.93. The number of nitriles is 1. The van der Waals surface area contributed by atoms with Gasteiger partial charge in [0, 0.05) is 12.1 Å². The van der Waals surface area contributed by atoms with Gasteiger partial charge in [-0.3, -0.25) is 4.90 Å². The molecule has 0 saturated carbocycles. The highest BCUT2D eigenvalue weighted by Crippen LogP contribution is 2.34. The molecular weight excluding hydrogens is 124 g/mol. The van der Waals surface area contributed by atoms with E-state index >= 15 is 0 Å². The van der Waals surface area contributed by atoms with Crippen LogP contribution in [0, 0.1) is 17.2 Å². The zero-order valence-corrected chi connectivity index (χ0v) is 5.99. The molecule has 2 bridgehead atoms. The standard InChI is InChI=1S/C8H10N2/c1-10-7-2-3-8(10)6(4-7)5-9/h2-3,6-8H,4H2,1H3. The van der Waals surface area contributed by atoms with Gasteiger partial charge in [-0.25, -0.2) is 0 Å². The van der Waals surface area contributed by atoms with Crippen molar-refractivity contribution in [1.82, 2.24) is 4.90 Å². The highest BCUT2D eigenvalue weighted by atomic mass is 15.2. The van der Waals surface area contributed by atoms with Gasteiger partial charge < -0.3 is 0 Å². The Morgan fingerprint density at radius 2 is 2.40 bits per heavy atom. The molecule has 2 aliphatic heterocycles. The van der Waals surface area contributed by atoms with Crippen molar-refractivity contribution in [3.05, 3.63) is 12.2 Å². The highest BCUT2D eigenvalue weighted by molar-refractivity contribution is 5.21. The predicted octanol–water partition coefficient (Wildman–Crippen LogP) is 0.769. The molecule has 0 aromatic heterocycles. The van der Waals surface area contributed by atoms with Crippen LogP contribution in [0.2, 0.25) is 0 Å². The van der Waals surface area contributed by atoms with Crippen LogP contribution in [0.25, 0.3) is 0 Å². The van der Waals surface area contributed by atoms with Crippen molar-refractivity contribution in [2.75, 3.05) is 7.05 Å². The van der Waals surface area contributed by atoms with Gasteiger partial charge in [-0.1, -0.05) is 12.2 Å². The van der Waals surface area contributed by atoms with Crippen LogP contribution in [-0.4, -0.2) is 24.0 Å². The Morgan fingerprint density at radius 1 is 1.60 bits per heavy atom. The summed E-state index contributed by atoms with van der Waals surface area (Å²) in [7, 11) is 2.09. The molecule has 1 saturated heterocycles. The van der Waals surface area contributed by atoms with Crippen molar-refractivity contribution < 1.29 is 0 Å². The Bertz CT molecular complexity index is 214. The molecule has 2 rings (SSSR count). The summed E-state index contributed by atoms with van der Waals surface area (Å²) >= 11 is 0. The lowest BCUT2D eigenvalue weighted by Crippen LogP contribution is -2.25. The van der Waals surface area contributed by atoms with Crippen LogP contribution in [0.15, 0.2) is 12.2 Å². The van der Waals surface area contributed by atoms with Gasteiger partial charge in [-0.15, -0.1) is 0 Å². The summed E-state index contributed by atoms with van der Waals surface area (Å²) < 4.78 is 0. The average Bonchev–Trinajstić information content (AvgIpc) is 2.46. The normalized spacial score (nSPS) is 44.2. The summed E-state index contributed by atoms with van der Waals surface area (Å²) in [6, 6.07) is 3.30. The van der Waals surface area contributed by atoms with Crippen LogP contribution in [-0.2, 0) is 0 Å². The fourth-order valence-corrected chi connectivity index (χ4v) is 1.93. The van der Waals surface area contributed by atoms with Gasteiger partial charge >= 0.3 is 0 Å². The molecule has 2 heteroatoms. The van der Waals surface area contributed by atoms with Crippen LogP contribution in [0.4, 0.5) is 0 Å². The molecule has 3 unspecified atom stereocenters. The van der Waals surface area contributed by atoms with Crippen molar-refractivity contribution in [2.45, 2.75) is 18.5 Å². The first-order valence-corrected chi connectivity index (χ1v) is 3.63. The lowest BCUT2D eigenvalue weighted by atomic mass is 9.96. The van der Waals surface area contributed by atoms with E-state index in [0.29, 0.717) is 12.1 Å². The van der Waals surface area contributed by atoms with Gasteiger partial charge in [0.25, 0.3) is 0 Å². The van der Waals surface area contributed by atoms with Gasteiger partial charge in [0.1, 0.15) is 0 Å². The van der Waals surface area contributed by atoms with Crippen LogP contribution >= 0.6 is 0 Å². The van der Waals surface area contributed by atoms with Gasteiger partial charge in [0.2, 0.25) is 0 Å². The van der Waals surface area contributed by atoms with E-state index in [1.54, 1.807) is 0 Å². The molecule has 10 heavy (non-hydrogen) atoms.